The van der Waals surface area contributed by atoms with Crippen LogP contribution in [0.25, 0.3) is 0 Å². The Labute approximate surface area is 410 Å². The topological polar surface area (TPSA) is 276 Å². The number of aryl methyl sites for hydroxylation is 1. The van der Waals surface area contributed by atoms with Crippen LogP contribution in [-0.2, 0) is 78.2 Å². The quantitative estimate of drug-likeness (QED) is 0.0295. The van der Waals surface area contributed by atoms with Gasteiger partial charge in [-0.1, -0.05) is 36.8 Å². The molecule has 3 N–H and O–H groups in total. The first-order chi connectivity index (χ1) is 32.7. The summed E-state index contributed by atoms with van der Waals surface area (Å²) in [6.45, 7) is 6.24. The molecule has 20 nitrogen and oxygen atoms in total. The summed E-state index contributed by atoms with van der Waals surface area (Å²) in [5.74, 6) is -2.28. The van der Waals surface area contributed by atoms with Crippen LogP contribution >= 0.6 is 11.3 Å². The Morgan fingerprint density at radius 2 is 1.56 bits per heavy atom. The molecule has 5 heterocycles. The number of rotatable bonds is 21. The molecule has 0 spiro atoms. The van der Waals surface area contributed by atoms with E-state index in [9.17, 15) is 58.1 Å². The Bertz CT molecular complexity index is 3070. The van der Waals surface area contributed by atoms with Crippen LogP contribution in [0.15, 0.2) is 105 Å². The van der Waals surface area contributed by atoms with Crippen molar-refractivity contribution >= 4 is 82.6 Å². The van der Waals surface area contributed by atoms with Crippen molar-refractivity contribution < 1.29 is 72.3 Å². The van der Waals surface area contributed by atoms with Gasteiger partial charge >= 0.3 is 21.9 Å². The fourth-order valence-corrected chi connectivity index (χ4v) is 11.3. The van der Waals surface area contributed by atoms with E-state index in [-0.39, 0.29) is 53.3 Å². The molecule has 6 rings (SSSR count). The van der Waals surface area contributed by atoms with E-state index in [2.05, 4.69) is 0 Å². The highest BCUT2D eigenvalue weighted by Gasteiger charge is 2.45. The maximum absolute atomic E-state index is 13.1. The molecule has 1 aromatic carbocycles. The number of aliphatic imine (C=N–C) groups is 1. The smallest absolute Gasteiger partial charge is 0.333 e. The summed E-state index contributed by atoms with van der Waals surface area (Å²) < 4.78 is 102. The monoisotopic (exact) mass is 1040 g/mol. The highest BCUT2D eigenvalue weighted by molar-refractivity contribution is 7.88. The molecular weight excluding hydrogens is 991 g/mol. The van der Waals surface area contributed by atoms with Gasteiger partial charge in [0, 0.05) is 61.0 Å². The Morgan fingerprint density at radius 3 is 2.20 bits per heavy atom. The summed E-state index contributed by atoms with van der Waals surface area (Å²) in [5, 5.41) is 1.56. The van der Waals surface area contributed by atoms with Gasteiger partial charge in [0.05, 0.1) is 40.8 Å². The molecule has 3 aliphatic rings. The van der Waals surface area contributed by atoms with Crippen LogP contribution < -0.4 is 9.47 Å². The second-order valence-electron chi connectivity index (χ2n) is 17.5. The number of unbranched alkanes of at least 4 members (excludes halogenated alkanes) is 2. The van der Waals surface area contributed by atoms with Gasteiger partial charge < -0.3 is 9.74 Å². The zero-order valence-corrected chi connectivity index (χ0v) is 42.2. The van der Waals surface area contributed by atoms with E-state index in [1.807, 2.05) is 31.7 Å². The molecule has 0 radical (unpaired) electrons. The van der Waals surface area contributed by atoms with Gasteiger partial charge in [0.2, 0.25) is 0 Å². The lowest BCUT2D eigenvalue weighted by molar-refractivity contribution is -0.684. The number of anilines is 1. The van der Waals surface area contributed by atoms with E-state index >= 15 is 0 Å². The summed E-state index contributed by atoms with van der Waals surface area (Å²) in [6, 6.07) is 8.81. The van der Waals surface area contributed by atoms with Crippen LogP contribution in [0.2, 0.25) is 0 Å². The second-order valence-corrected chi connectivity index (χ2v) is 23.3. The predicted octanol–water partition coefficient (Wildman–Crippen LogP) is 5.54. The molecule has 0 saturated carbocycles. The molecule has 24 heteroatoms. The van der Waals surface area contributed by atoms with E-state index in [1.165, 1.54) is 32.4 Å². The van der Waals surface area contributed by atoms with Crippen molar-refractivity contribution in [1.29, 1.82) is 0 Å². The molecule has 3 amide bonds. The lowest BCUT2D eigenvalue weighted by Crippen LogP contribution is -2.38. The number of hydroxylamine groups is 4. The molecular formula is C46H54N5O15S4+. The third-order valence-corrected chi connectivity index (χ3v) is 16.2. The number of amides is 3. The van der Waals surface area contributed by atoms with E-state index in [0.29, 0.717) is 69.8 Å². The van der Waals surface area contributed by atoms with Crippen molar-refractivity contribution in [2.75, 3.05) is 31.4 Å². The third kappa shape index (κ3) is 12.4. The average molecular weight is 1050 g/mol. The number of nitrogens with zero attached hydrogens (tertiary/aromatic N) is 5. The van der Waals surface area contributed by atoms with Gasteiger partial charge in [0.15, 0.2) is 5.71 Å². The molecule has 1 saturated heterocycles. The van der Waals surface area contributed by atoms with E-state index in [0.717, 1.165) is 16.4 Å². The normalized spacial score (nSPS) is 18.7. The summed E-state index contributed by atoms with van der Waals surface area (Å²) in [4.78, 5) is 66.6. The minimum absolute atomic E-state index is 0.0267. The number of fused-ring (bicyclic) bond motifs is 2. The largest absolute Gasteiger partial charge is 0.344 e. The number of carbonyl (C=O) groups is 4. The highest BCUT2D eigenvalue weighted by atomic mass is 32.3. The van der Waals surface area contributed by atoms with E-state index < -0.39 is 70.6 Å². The summed E-state index contributed by atoms with van der Waals surface area (Å²) >= 11 is 0.862. The number of imide groups is 1. The molecule has 376 valence electrons. The number of benzene rings is 1. The molecule has 1 fully saturated rings. The van der Waals surface area contributed by atoms with E-state index in [1.54, 1.807) is 65.4 Å². The summed E-state index contributed by atoms with van der Waals surface area (Å²) in [5.41, 5.74) is 1.74. The molecule has 3 aromatic rings. The summed E-state index contributed by atoms with van der Waals surface area (Å²) in [7, 11) is -10.6. The minimum Gasteiger partial charge on any atom is -0.344 e. The van der Waals surface area contributed by atoms with Gasteiger partial charge in [0.1, 0.15) is 10.4 Å². The van der Waals surface area contributed by atoms with Gasteiger partial charge in [-0.3, -0.25) is 32.9 Å². The maximum atomic E-state index is 13.1. The lowest BCUT2D eigenvalue weighted by Gasteiger charge is -2.30. The highest BCUT2D eigenvalue weighted by Crippen LogP contribution is 2.51. The van der Waals surface area contributed by atoms with Crippen LogP contribution in [0.4, 0.5) is 11.5 Å². The van der Waals surface area contributed by atoms with Crippen LogP contribution in [-0.4, -0.2) is 105 Å². The van der Waals surface area contributed by atoms with Crippen molar-refractivity contribution in [3.05, 3.63) is 112 Å². The molecule has 0 bridgehead atoms. The SMILES string of the molecule is CON(C)C(=O)c1cc2c([n+](CCCS(=O)(=O)O)c1)N=C(/C=C/C=C/C=C/C=C1/N(CCCCCC(=O)ON3C(=O)CCC3=O)c3ccc(S(=O)(=O)O)cc3C1(C)Cc1ccc(S(=O)(=O)O)s1)C2(C)C. The predicted molar refractivity (Wildman–Crippen MR) is 257 cm³/mol. The minimum atomic E-state index is -4.65. The van der Waals surface area contributed by atoms with Gasteiger partial charge in [0.25, 0.3) is 38.0 Å². The number of thiophene rings is 1. The van der Waals surface area contributed by atoms with Gasteiger partial charge in [-0.2, -0.15) is 25.3 Å². The van der Waals surface area contributed by atoms with E-state index in [4.69, 9.17) is 14.7 Å². The fraction of sp³-hybridized carbons (Fsp3) is 0.391. The first kappa shape index (κ1) is 53.6. The van der Waals surface area contributed by atoms with Crippen molar-refractivity contribution in [1.82, 2.24) is 10.1 Å². The lowest BCUT2D eigenvalue weighted by atomic mass is 9.78. The number of hydrogen-bond donors (Lipinski definition) is 3. The first-order valence-electron chi connectivity index (χ1n) is 21.9. The van der Waals surface area contributed by atoms with Crippen molar-refractivity contribution in [2.45, 2.75) is 98.6 Å². The Balaban J connectivity index is 1.27. The van der Waals surface area contributed by atoms with Crippen LogP contribution in [0.5, 0.6) is 0 Å². The van der Waals surface area contributed by atoms with Gasteiger partial charge in [-0.25, -0.2) is 14.4 Å². The fourth-order valence-electron chi connectivity index (χ4n) is 8.40. The van der Waals surface area contributed by atoms with Crippen molar-refractivity contribution in [2.24, 2.45) is 4.99 Å². The van der Waals surface area contributed by atoms with Crippen molar-refractivity contribution in [3.63, 3.8) is 0 Å². The summed E-state index contributed by atoms with van der Waals surface area (Å²) in [6.07, 6.45) is 15.5. The van der Waals surface area contributed by atoms with Crippen molar-refractivity contribution in [3.8, 4) is 0 Å². The van der Waals surface area contributed by atoms with Crippen LogP contribution in [0, 0.1) is 0 Å². The zero-order chi connectivity index (χ0) is 51.4. The molecule has 1 unspecified atom stereocenters. The molecule has 1 atom stereocenters. The molecule has 3 aliphatic heterocycles. The third-order valence-electron chi connectivity index (χ3n) is 12.1. The number of carbonyl (C=O) groups excluding carboxylic acids is 4. The van der Waals surface area contributed by atoms with Crippen LogP contribution in [0.3, 0.4) is 0 Å². The van der Waals surface area contributed by atoms with Gasteiger partial charge in [-0.15, -0.1) is 16.4 Å². The number of pyridine rings is 1. The molecule has 70 heavy (non-hydrogen) atoms. The number of allylic oxidation sites excluding steroid dienone is 8. The zero-order valence-electron chi connectivity index (χ0n) is 39.0. The Morgan fingerprint density at radius 1 is 0.871 bits per heavy atom. The number of aromatic nitrogens is 1. The second kappa shape index (κ2) is 21.3. The Kier molecular flexibility index (Phi) is 16.3. The first-order valence-corrected chi connectivity index (χ1v) is 27.2. The molecule has 0 aliphatic carbocycles. The van der Waals surface area contributed by atoms with Crippen LogP contribution in [0.1, 0.15) is 92.1 Å². The van der Waals surface area contributed by atoms with Gasteiger partial charge in [-0.05, 0) is 99.1 Å². The standard InChI is InChI=1S/C46H53N5O15S4/c1-45(2)35-27-31(44(55)48(4)65-5)30-49(24-14-26-68(56,57)58)43(35)47-37(45)15-10-7-6-8-11-16-38-46(3,29-32-18-23-42(67-32)70(62,63)64)34-28-33(69(59,60)61)19-20-36(34)50(38)25-13-9-12-17-41(54)66-51-39(52)21-22-40(51)53/h6-8,10-11,15-16,18-20,23,27-28,30H,9,12-14,17,21-22,24-26,29H2,1-5H3,(H2-,56,57,58,59,60,61,62,63,64)/p+1. The average Bonchev–Trinajstić information content (AvgIpc) is 4.01. The Hall–Kier alpha value is -5.73. The molecule has 2 aromatic heterocycles. The maximum Gasteiger partial charge on any atom is 0.333 e. The number of hydrogen-bond acceptors (Lipinski definition) is 15.